The van der Waals surface area contributed by atoms with Crippen LogP contribution in [0.5, 0.6) is 5.75 Å². The number of amides is 1. The highest BCUT2D eigenvalue weighted by molar-refractivity contribution is 5.98. The van der Waals surface area contributed by atoms with Gasteiger partial charge in [-0.05, 0) is 48.0 Å². The van der Waals surface area contributed by atoms with Gasteiger partial charge in [0.15, 0.2) is 5.96 Å². The molecule has 1 aliphatic rings. The fourth-order valence-electron chi connectivity index (χ4n) is 2.26. The SMILES string of the molecule is NC(N)=Nc1ccc(C(=O)Oc2ccc3c(c2)CNC3=O)cc1. The fourth-order valence-corrected chi connectivity index (χ4v) is 2.26. The van der Waals surface area contributed by atoms with Gasteiger partial charge >= 0.3 is 5.97 Å². The highest BCUT2D eigenvalue weighted by Crippen LogP contribution is 2.22. The van der Waals surface area contributed by atoms with Crippen LogP contribution in [0.25, 0.3) is 0 Å². The zero-order valence-electron chi connectivity index (χ0n) is 12.1. The van der Waals surface area contributed by atoms with Gasteiger partial charge in [-0.3, -0.25) is 4.79 Å². The second-order valence-electron chi connectivity index (χ2n) is 4.97. The van der Waals surface area contributed by atoms with Crippen LogP contribution in [0.2, 0.25) is 0 Å². The number of nitrogens with zero attached hydrogens (tertiary/aromatic N) is 1. The molecule has 7 nitrogen and oxygen atoms in total. The summed E-state index contributed by atoms with van der Waals surface area (Å²) in [5.41, 5.74) is 12.9. The Morgan fingerprint density at radius 2 is 1.87 bits per heavy atom. The van der Waals surface area contributed by atoms with E-state index in [2.05, 4.69) is 10.3 Å². The molecule has 1 heterocycles. The van der Waals surface area contributed by atoms with Crippen LogP contribution in [0.15, 0.2) is 47.5 Å². The quantitative estimate of drug-likeness (QED) is 0.339. The number of carbonyl (C=O) groups is 2. The van der Waals surface area contributed by atoms with E-state index in [-0.39, 0.29) is 11.9 Å². The number of nitrogens with two attached hydrogens (primary N) is 2. The second kappa shape index (κ2) is 5.80. The fraction of sp³-hybridized carbons (Fsp3) is 0.0625. The average molecular weight is 310 g/mol. The Labute approximate surface area is 132 Å². The Hall–Kier alpha value is -3.35. The number of aliphatic imine (C=N–C) groups is 1. The largest absolute Gasteiger partial charge is 0.423 e. The minimum absolute atomic E-state index is 0.0541. The summed E-state index contributed by atoms with van der Waals surface area (Å²) < 4.78 is 5.32. The molecule has 0 saturated heterocycles. The molecule has 0 aromatic heterocycles. The maximum absolute atomic E-state index is 12.1. The summed E-state index contributed by atoms with van der Waals surface area (Å²) in [4.78, 5) is 27.5. The molecule has 7 heteroatoms. The predicted molar refractivity (Wildman–Crippen MR) is 84.5 cm³/mol. The highest BCUT2D eigenvalue weighted by atomic mass is 16.5. The van der Waals surface area contributed by atoms with Gasteiger partial charge in [0, 0.05) is 12.1 Å². The number of benzene rings is 2. The van der Waals surface area contributed by atoms with Crippen molar-refractivity contribution in [3.05, 3.63) is 59.2 Å². The molecule has 0 atom stereocenters. The second-order valence-corrected chi connectivity index (χ2v) is 4.97. The van der Waals surface area contributed by atoms with Gasteiger partial charge in [-0.2, -0.15) is 0 Å². The van der Waals surface area contributed by atoms with Crippen molar-refractivity contribution >= 4 is 23.5 Å². The number of fused-ring (bicyclic) bond motifs is 1. The third-order valence-electron chi connectivity index (χ3n) is 3.33. The van der Waals surface area contributed by atoms with E-state index in [1.807, 2.05) is 0 Å². The van der Waals surface area contributed by atoms with Crippen LogP contribution in [0.4, 0.5) is 5.69 Å². The van der Waals surface area contributed by atoms with Gasteiger partial charge in [-0.25, -0.2) is 9.79 Å². The maximum Gasteiger partial charge on any atom is 0.343 e. The van der Waals surface area contributed by atoms with E-state index in [1.54, 1.807) is 42.5 Å². The number of esters is 1. The summed E-state index contributed by atoms with van der Waals surface area (Å²) >= 11 is 0. The molecule has 0 fully saturated rings. The third kappa shape index (κ3) is 3.13. The third-order valence-corrected chi connectivity index (χ3v) is 3.33. The van der Waals surface area contributed by atoms with Crippen LogP contribution < -0.4 is 21.5 Å². The molecule has 0 unspecified atom stereocenters. The van der Waals surface area contributed by atoms with Crippen LogP contribution >= 0.6 is 0 Å². The molecule has 0 bridgehead atoms. The van der Waals surface area contributed by atoms with Crippen molar-refractivity contribution in [3.63, 3.8) is 0 Å². The number of rotatable bonds is 3. The van der Waals surface area contributed by atoms with Gasteiger partial charge in [-0.1, -0.05) is 0 Å². The van der Waals surface area contributed by atoms with Crippen molar-refractivity contribution in [2.24, 2.45) is 16.5 Å². The summed E-state index contributed by atoms with van der Waals surface area (Å²) in [6.45, 7) is 0.437. The lowest BCUT2D eigenvalue weighted by Crippen LogP contribution is -2.21. The molecule has 0 radical (unpaired) electrons. The molecule has 1 aliphatic heterocycles. The Balaban J connectivity index is 1.74. The number of guanidine groups is 1. The minimum atomic E-state index is -0.501. The number of carbonyl (C=O) groups excluding carboxylic acids is 2. The highest BCUT2D eigenvalue weighted by Gasteiger charge is 2.19. The zero-order chi connectivity index (χ0) is 16.4. The topological polar surface area (TPSA) is 120 Å². The van der Waals surface area contributed by atoms with Crippen molar-refractivity contribution in [3.8, 4) is 5.75 Å². The normalized spacial score (nSPS) is 12.3. The zero-order valence-corrected chi connectivity index (χ0v) is 12.1. The first-order chi connectivity index (χ1) is 11.0. The van der Waals surface area contributed by atoms with Crippen LogP contribution in [0, 0.1) is 0 Å². The molecule has 3 rings (SSSR count). The first kappa shape index (κ1) is 14.6. The van der Waals surface area contributed by atoms with E-state index in [0.29, 0.717) is 29.1 Å². The van der Waals surface area contributed by atoms with E-state index in [9.17, 15) is 9.59 Å². The number of hydrogen-bond donors (Lipinski definition) is 3. The molecule has 2 aromatic carbocycles. The van der Waals surface area contributed by atoms with E-state index in [1.165, 1.54) is 0 Å². The van der Waals surface area contributed by atoms with Crippen LogP contribution in [-0.4, -0.2) is 17.8 Å². The van der Waals surface area contributed by atoms with Gasteiger partial charge < -0.3 is 21.5 Å². The number of hydrogen-bond acceptors (Lipinski definition) is 4. The molecular weight excluding hydrogens is 296 g/mol. The van der Waals surface area contributed by atoms with E-state index in [0.717, 1.165) is 5.56 Å². The molecule has 116 valence electrons. The summed E-state index contributed by atoms with van der Waals surface area (Å²) in [5.74, 6) is -0.285. The van der Waals surface area contributed by atoms with Crippen molar-refractivity contribution in [1.82, 2.24) is 5.32 Å². The monoisotopic (exact) mass is 310 g/mol. The molecule has 1 amide bonds. The molecule has 0 spiro atoms. The van der Waals surface area contributed by atoms with Crippen molar-refractivity contribution in [1.29, 1.82) is 0 Å². The van der Waals surface area contributed by atoms with Gasteiger partial charge in [0.2, 0.25) is 0 Å². The van der Waals surface area contributed by atoms with Crippen molar-refractivity contribution in [2.45, 2.75) is 6.54 Å². The summed E-state index contributed by atoms with van der Waals surface area (Å²) in [6, 6.07) is 11.3. The molecule has 0 saturated carbocycles. The average Bonchev–Trinajstić information content (AvgIpc) is 2.88. The lowest BCUT2D eigenvalue weighted by Gasteiger charge is -2.06. The molecule has 23 heavy (non-hydrogen) atoms. The van der Waals surface area contributed by atoms with Gasteiger partial charge in [0.05, 0.1) is 11.3 Å². The van der Waals surface area contributed by atoms with Gasteiger partial charge in [0.25, 0.3) is 5.91 Å². The number of ether oxygens (including phenoxy) is 1. The Bertz CT molecular complexity index is 809. The molecule has 2 aromatic rings. The van der Waals surface area contributed by atoms with E-state index in [4.69, 9.17) is 16.2 Å². The lowest BCUT2D eigenvalue weighted by atomic mass is 10.1. The molecule has 5 N–H and O–H groups in total. The smallest absolute Gasteiger partial charge is 0.343 e. The first-order valence-electron chi connectivity index (χ1n) is 6.86. The van der Waals surface area contributed by atoms with E-state index < -0.39 is 5.97 Å². The summed E-state index contributed by atoms with van der Waals surface area (Å²) in [7, 11) is 0. The number of nitrogens with one attached hydrogen (secondary N) is 1. The van der Waals surface area contributed by atoms with Gasteiger partial charge in [-0.15, -0.1) is 0 Å². The Morgan fingerprint density at radius 1 is 1.13 bits per heavy atom. The van der Waals surface area contributed by atoms with Crippen LogP contribution in [-0.2, 0) is 6.54 Å². The van der Waals surface area contributed by atoms with Crippen LogP contribution in [0.1, 0.15) is 26.3 Å². The van der Waals surface area contributed by atoms with E-state index >= 15 is 0 Å². The predicted octanol–water partition coefficient (Wildman–Crippen LogP) is 1.05. The van der Waals surface area contributed by atoms with Crippen molar-refractivity contribution < 1.29 is 14.3 Å². The first-order valence-corrected chi connectivity index (χ1v) is 6.86. The molecular formula is C16H14N4O3. The standard InChI is InChI=1S/C16H14N4O3/c17-16(18)20-11-3-1-9(2-4-11)15(22)23-12-5-6-13-10(7-12)8-19-14(13)21/h1-7H,8H2,(H,19,21)(H4,17,18,20). The van der Waals surface area contributed by atoms with Crippen molar-refractivity contribution in [2.75, 3.05) is 0 Å². The van der Waals surface area contributed by atoms with Gasteiger partial charge in [0.1, 0.15) is 5.75 Å². The maximum atomic E-state index is 12.1. The molecule has 0 aliphatic carbocycles. The summed E-state index contributed by atoms with van der Waals surface area (Å²) in [5, 5.41) is 2.71. The Kier molecular flexibility index (Phi) is 3.68. The summed E-state index contributed by atoms with van der Waals surface area (Å²) in [6.07, 6.45) is 0. The Morgan fingerprint density at radius 3 is 2.57 bits per heavy atom. The minimum Gasteiger partial charge on any atom is -0.423 e. The van der Waals surface area contributed by atoms with Crippen LogP contribution in [0.3, 0.4) is 0 Å². The lowest BCUT2D eigenvalue weighted by molar-refractivity contribution is 0.0734.